The fourth-order valence-electron chi connectivity index (χ4n) is 4.43. The van der Waals surface area contributed by atoms with Gasteiger partial charge in [-0.15, -0.1) is 0 Å². The van der Waals surface area contributed by atoms with Crippen molar-refractivity contribution in [3.63, 3.8) is 0 Å². The number of benzene rings is 1. The summed E-state index contributed by atoms with van der Waals surface area (Å²) >= 11 is 0. The fraction of sp³-hybridized carbons (Fsp3) is 0.591. The van der Waals surface area contributed by atoms with E-state index in [-0.39, 0.29) is 30.2 Å². The van der Waals surface area contributed by atoms with Crippen LogP contribution in [0.3, 0.4) is 0 Å². The lowest BCUT2D eigenvalue weighted by molar-refractivity contribution is -0.140. The Labute approximate surface area is 200 Å². The summed E-state index contributed by atoms with van der Waals surface area (Å²) in [4.78, 5) is 28.7. The Bertz CT molecular complexity index is 973. The van der Waals surface area contributed by atoms with Gasteiger partial charge in [-0.05, 0) is 38.2 Å². The molecule has 0 aliphatic carbocycles. The number of nitrogens with zero attached hydrogens (tertiary/aromatic N) is 2. The molecule has 12 heteroatoms. The number of hydrogen-bond acceptors (Lipinski definition) is 6. The highest BCUT2D eigenvalue weighted by Gasteiger charge is 2.36. The molecule has 5 N–H and O–H groups in total. The lowest BCUT2D eigenvalue weighted by atomic mass is 10.0. The van der Waals surface area contributed by atoms with Crippen LogP contribution >= 0.6 is 0 Å². The van der Waals surface area contributed by atoms with Gasteiger partial charge in [0.25, 0.3) is 0 Å². The number of sulfonamides is 1. The molecule has 2 aliphatic heterocycles. The van der Waals surface area contributed by atoms with Gasteiger partial charge in [0.2, 0.25) is 21.8 Å². The van der Waals surface area contributed by atoms with Crippen LogP contribution in [0.15, 0.2) is 30.3 Å². The van der Waals surface area contributed by atoms with Crippen LogP contribution in [0, 0.1) is 5.41 Å². The number of ether oxygens (including phenoxy) is 1. The minimum absolute atomic E-state index is 0.116. The molecule has 1 aromatic carbocycles. The van der Waals surface area contributed by atoms with E-state index in [4.69, 9.17) is 15.9 Å². The summed E-state index contributed by atoms with van der Waals surface area (Å²) in [5.41, 5.74) is 6.30. The highest BCUT2D eigenvalue weighted by atomic mass is 32.2. The summed E-state index contributed by atoms with van der Waals surface area (Å²) in [7, 11) is -3.72. The molecule has 188 valence electrons. The summed E-state index contributed by atoms with van der Waals surface area (Å²) in [6.07, 6.45) is 1.82. The summed E-state index contributed by atoms with van der Waals surface area (Å²) < 4.78 is 33.4. The van der Waals surface area contributed by atoms with E-state index in [0.29, 0.717) is 44.5 Å². The molecular formula is C22H34N6O5S. The standard InChI is InChI=1S/C22H34N6O5S/c1-2-33-21-18(11-7-13-28(21)22(23)24)25-19(29)14-27-12-6-10-17(20(27)30)26-34(31,32)15-16-8-4-3-5-9-16/h3-5,8-9,17-18,21,26H,2,6-7,10-15H2,1H3,(H3,23,24)(H,25,29)/t17-,18-,21?/m0/s1. The summed E-state index contributed by atoms with van der Waals surface area (Å²) in [6.45, 7) is 3.00. The first-order chi connectivity index (χ1) is 16.2. The van der Waals surface area contributed by atoms with Crippen LogP contribution in [0.2, 0.25) is 0 Å². The third kappa shape index (κ3) is 6.90. The van der Waals surface area contributed by atoms with E-state index in [9.17, 15) is 18.0 Å². The van der Waals surface area contributed by atoms with E-state index in [2.05, 4.69) is 10.0 Å². The molecule has 0 aromatic heterocycles. The minimum atomic E-state index is -3.72. The van der Waals surface area contributed by atoms with Crippen molar-refractivity contribution in [3.05, 3.63) is 35.9 Å². The molecule has 3 rings (SSSR count). The van der Waals surface area contributed by atoms with Gasteiger partial charge in [-0.25, -0.2) is 13.1 Å². The van der Waals surface area contributed by atoms with Gasteiger partial charge in [0.05, 0.1) is 18.3 Å². The summed E-state index contributed by atoms with van der Waals surface area (Å²) in [5, 5.41) is 10.7. The molecule has 34 heavy (non-hydrogen) atoms. The zero-order valence-corrected chi connectivity index (χ0v) is 20.2. The first-order valence-electron chi connectivity index (χ1n) is 11.5. The van der Waals surface area contributed by atoms with Gasteiger partial charge in [-0.2, -0.15) is 0 Å². The maximum Gasteiger partial charge on any atom is 0.241 e. The first-order valence-corrected chi connectivity index (χ1v) is 13.2. The number of piperidine rings is 2. The molecule has 11 nitrogen and oxygen atoms in total. The molecule has 2 aliphatic rings. The van der Waals surface area contributed by atoms with Gasteiger partial charge in [-0.1, -0.05) is 30.3 Å². The maximum atomic E-state index is 12.9. The Morgan fingerprint density at radius 1 is 1.21 bits per heavy atom. The van der Waals surface area contributed by atoms with E-state index in [1.807, 2.05) is 6.92 Å². The number of carbonyl (C=O) groups excluding carboxylic acids is 2. The number of hydrogen-bond donors (Lipinski definition) is 4. The minimum Gasteiger partial charge on any atom is -0.370 e. The molecule has 1 unspecified atom stereocenters. The second-order valence-electron chi connectivity index (χ2n) is 8.56. The van der Waals surface area contributed by atoms with Crippen molar-refractivity contribution in [3.8, 4) is 0 Å². The highest BCUT2D eigenvalue weighted by Crippen LogP contribution is 2.19. The van der Waals surface area contributed by atoms with Gasteiger partial charge >= 0.3 is 0 Å². The fourth-order valence-corrected chi connectivity index (χ4v) is 5.80. The van der Waals surface area contributed by atoms with E-state index in [1.165, 1.54) is 4.90 Å². The van der Waals surface area contributed by atoms with Crippen molar-refractivity contribution in [2.45, 2.75) is 56.7 Å². The summed E-state index contributed by atoms with van der Waals surface area (Å²) in [6, 6.07) is 7.49. The molecule has 2 amide bonds. The molecule has 1 aromatic rings. The topological polar surface area (TPSA) is 158 Å². The van der Waals surface area contributed by atoms with E-state index >= 15 is 0 Å². The van der Waals surface area contributed by atoms with Gasteiger partial charge in [0.15, 0.2) is 12.2 Å². The smallest absolute Gasteiger partial charge is 0.241 e. The average molecular weight is 495 g/mol. The molecule has 2 fully saturated rings. The lowest BCUT2D eigenvalue weighted by Gasteiger charge is -2.41. The number of amides is 2. The third-order valence-electron chi connectivity index (χ3n) is 5.95. The Morgan fingerprint density at radius 2 is 1.91 bits per heavy atom. The Morgan fingerprint density at radius 3 is 2.59 bits per heavy atom. The van der Waals surface area contributed by atoms with Gasteiger partial charge in [0, 0.05) is 19.7 Å². The number of nitrogens with one attached hydrogen (secondary N) is 3. The Kier molecular flexibility index (Phi) is 8.86. The Balaban J connectivity index is 1.58. The number of guanidine groups is 1. The lowest BCUT2D eigenvalue weighted by Crippen LogP contribution is -2.61. The van der Waals surface area contributed by atoms with Crippen LogP contribution in [0.4, 0.5) is 0 Å². The van der Waals surface area contributed by atoms with Crippen LogP contribution in [0.1, 0.15) is 38.2 Å². The molecule has 0 saturated carbocycles. The number of rotatable bonds is 9. The van der Waals surface area contributed by atoms with Gasteiger partial charge < -0.3 is 25.6 Å². The van der Waals surface area contributed by atoms with E-state index in [1.54, 1.807) is 35.2 Å². The average Bonchev–Trinajstić information content (AvgIpc) is 2.78. The van der Waals surface area contributed by atoms with Crippen LogP contribution in [0.25, 0.3) is 0 Å². The van der Waals surface area contributed by atoms with Crippen molar-refractivity contribution in [1.82, 2.24) is 19.8 Å². The highest BCUT2D eigenvalue weighted by molar-refractivity contribution is 7.88. The molecular weight excluding hydrogens is 460 g/mol. The van der Waals surface area contributed by atoms with Crippen molar-refractivity contribution >= 4 is 27.8 Å². The van der Waals surface area contributed by atoms with E-state index < -0.39 is 28.2 Å². The molecule has 2 saturated heterocycles. The zero-order chi connectivity index (χ0) is 24.7. The molecule has 0 spiro atoms. The molecule has 3 atom stereocenters. The maximum absolute atomic E-state index is 12.9. The van der Waals surface area contributed by atoms with Crippen LogP contribution in [-0.4, -0.2) is 80.5 Å². The largest absolute Gasteiger partial charge is 0.370 e. The molecule has 0 radical (unpaired) electrons. The van der Waals surface area contributed by atoms with Crippen LogP contribution < -0.4 is 15.8 Å². The van der Waals surface area contributed by atoms with Gasteiger partial charge in [0.1, 0.15) is 6.04 Å². The first kappa shape index (κ1) is 25.9. The SMILES string of the molecule is CCOC1[C@@H](NC(=O)CN2CCC[C@H](NS(=O)(=O)Cc3ccccc3)C2=O)CCCN1C(=N)N. The zero-order valence-electron chi connectivity index (χ0n) is 19.4. The number of nitrogens with two attached hydrogens (primary N) is 1. The van der Waals surface area contributed by atoms with Crippen molar-refractivity contribution in [2.24, 2.45) is 5.73 Å². The Hall–Kier alpha value is -2.70. The predicted octanol–water partition coefficient (Wildman–Crippen LogP) is -0.0663. The van der Waals surface area contributed by atoms with Gasteiger partial charge in [-0.3, -0.25) is 15.0 Å². The summed E-state index contributed by atoms with van der Waals surface area (Å²) in [5.74, 6) is -1.10. The molecule has 2 heterocycles. The van der Waals surface area contributed by atoms with E-state index in [0.717, 1.165) is 6.42 Å². The van der Waals surface area contributed by atoms with Crippen molar-refractivity contribution in [2.75, 3.05) is 26.2 Å². The van der Waals surface area contributed by atoms with Crippen molar-refractivity contribution < 1.29 is 22.7 Å². The molecule has 0 bridgehead atoms. The predicted molar refractivity (Wildman–Crippen MR) is 127 cm³/mol. The van der Waals surface area contributed by atoms with Crippen LogP contribution in [0.5, 0.6) is 0 Å². The van der Waals surface area contributed by atoms with Crippen LogP contribution in [-0.2, 0) is 30.1 Å². The quantitative estimate of drug-likeness (QED) is 0.276. The number of likely N-dealkylation sites (tertiary alicyclic amines) is 2. The number of carbonyl (C=O) groups is 2. The monoisotopic (exact) mass is 494 g/mol. The van der Waals surface area contributed by atoms with Crippen molar-refractivity contribution in [1.29, 1.82) is 5.41 Å². The second kappa shape index (κ2) is 11.6. The second-order valence-corrected chi connectivity index (χ2v) is 10.3. The normalized spacial score (nSPS) is 23.6. The third-order valence-corrected chi connectivity index (χ3v) is 7.30.